The number of carbonyl (C=O) groups excluding carboxylic acids is 4. The lowest BCUT2D eigenvalue weighted by Crippen LogP contribution is -2.33. The average molecular weight is 489 g/mol. The highest BCUT2D eigenvalue weighted by Gasteiger charge is 2.39. The molecule has 1 N–H and O–H groups in total. The molecule has 1 aliphatic heterocycles. The number of nitrogens with one attached hydrogen (secondary N) is 1. The van der Waals surface area contributed by atoms with Gasteiger partial charge in [-0.1, -0.05) is 36.7 Å². The Kier molecular flexibility index (Phi) is 6.80. The summed E-state index contributed by atoms with van der Waals surface area (Å²) in [7, 11) is 0. The van der Waals surface area contributed by atoms with Crippen molar-refractivity contribution in [3.8, 4) is 5.75 Å². The van der Waals surface area contributed by atoms with Crippen molar-refractivity contribution in [1.82, 2.24) is 0 Å². The second kappa shape index (κ2) is 9.95. The Labute approximate surface area is 207 Å². The maximum atomic E-state index is 13.0. The highest BCUT2D eigenvalue weighted by Crippen LogP contribution is 2.32. The summed E-state index contributed by atoms with van der Waals surface area (Å²) in [4.78, 5) is 50.7. The van der Waals surface area contributed by atoms with Gasteiger partial charge in [0, 0.05) is 11.3 Å². The summed E-state index contributed by atoms with van der Waals surface area (Å²) in [5.74, 6) is -1.52. The number of Topliss-reactive ketones (excluding diaryl/α,β-unsaturated/α-hetero) is 1. The number of hydrogen-bond acceptors (Lipinski definition) is 6. The number of aryl methyl sites for hydroxylation is 1. The van der Waals surface area contributed by atoms with E-state index in [9.17, 15) is 19.2 Å². The Morgan fingerprint density at radius 2 is 1.51 bits per heavy atom. The van der Waals surface area contributed by atoms with Crippen molar-refractivity contribution in [2.24, 2.45) is 0 Å². The minimum atomic E-state index is -0.601. The van der Waals surface area contributed by atoms with Gasteiger partial charge in [0.1, 0.15) is 16.5 Å². The zero-order chi connectivity index (χ0) is 25.1. The Morgan fingerprint density at radius 3 is 2.14 bits per heavy atom. The Balaban J connectivity index is 1.47. The molecular formula is C27H21ClN2O5. The summed E-state index contributed by atoms with van der Waals surface area (Å²) < 4.78 is 5.33. The summed E-state index contributed by atoms with van der Waals surface area (Å²) in [6, 6.07) is 19.6. The number of ketones is 1. The second-order valence-corrected chi connectivity index (χ2v) is 8.17. The van der Waals surface area contributed by atoms with Crippen LogP contribution in [0, 0.1) is 0 Å². The largest absolute Gasteiger partial charge is 0.423 e. The van der Waals surface area contributed by atoms with Crippen LogP contribution in [0.2, 0.25) is 0 Å². The molecule has 176 valence electrons. The number of carbonyl (C=O) groups is 4. The van der Waals surface area contributed by atoms with Crippen molar-refractivity contribution in [2.75, 3.05) is 10.2 Å². The van der Waals surface area contributed by atoms with Crippen LogP contribution < -0.4 is 15.0 Å². The van der Waals surface area contributed by atoms with E-state index in [2.05, 4.69) is 5.32 Å². The van der Waals surface area contributed by atoms with Crippen LogP contribution in [0.4, 0.5) is 11.4 Å². The molecule has 0 radical (unpaired) electrons. The van der Waals surface area contributed by atoms with Gasteiger partial charge in [-0.3, -0.25) is 14.4 Å². The number of nitrogens with zero attached hydrogens (tertiary/aromatic N) is 1. The number of hydrogen-bond donors (Lipinski definition) is 1. The van der Waals surface area contributed by atoms with Crippen molar-refractivity contribution in [2.45, 2.75) is 20.3 Å². The summed E-state index contributed by atoms with van der Waals surface area (Å²) >= 11 is 6.23. The smallest absolute Gasteiger partial charge is 0.343 e. The van der Waals surface area contributed by atoms with Gasteiger partial charge in [0.2, 0.25) is 0 Å². The van der Waals surface area contributed by atoms with Gasteiger partial charge in [-0.25, -0.2) is 9.69 Å². The van der Waals surface area contributed by atoms with E-state index < -0.39 is 17.8 Å². The number of rotatable bonds is 7. The molecule has 3 aromatic rings. The van der Waals surface area contributed by atoms with Crippen LogP contribution in [0.25, 0.3) is 0 Å². The average Bonchev–Trinajstić information content (AvgIpc) is 3.07. The van der Waals surface area contributed by atoms with E-state index in [0.717, 1.165) is 10.5 Å². The SMILES string of the molecule is CCc1ccccc1N1C(=O)C(Cl)=C(Nc2ccc(C(=O)Oc3ccc(C(C)=O)cc3)cc2)C1=O. The van der Waals surface area contributed by atoms with Crippen LogP contribution in [0.3, 0.4) is 0 Å². The normalized spacial score (nSPS) is 13.3. The topological polar surface area (TPSA) is 92.8 Å². The summed E-state index contributed by atoms with van der Waals surface area (Å²) in [6.07, 6.45) is 0.645. The zero-order valence-corrected chi connectivity index (χ0v) is 19.8. The van der Waals surface area contributed by atoms with Gasteiger partial charge < -0.3 is 10.1 Å². The first-order valence-corrected chi connectivity index (χ1v) is 11.2. The third-order valence-corrected chi connectivity index (χ3v) is 5.85. The minimum absolute atomic E-state index is 0.0385. The van der Waals surface area contributed by atoms with Crippen LogP contribution in [-0.4, -0.2) is 23.6 Å². The molecule has 0 atom stereocenters. The summed E-state index contributed by atoms with van der Waals surface area (Å²) in [5, 5.41) is 2.68. The molecule has 3 aromatic carbocycles. The van der Waals surface area contributed by atoms with Crippen LogP contribution in [0.15, 0.2) is 83.5 Å². The van der Waals surface area contributed by atoms with E-state index in [4.69, 9.17) is 16.3 Å². The van der Waals surface area contributed by atoms with Crippen molar-refractivity contribution in [1.29, 1.82) is 0 Å². The fourth-order valence-electron chi connectivity index (χ4n) is 3.62. The van der Waals surface area contributed by atoms with Gasteiger partial charge in [0.05, 0.1) is 11.3 Å². The first-order valence-electron chi connectivity index (χ1n) is 10.9. The molecule has 8 heteroatoms. The first-order chi connectivity index (χ1) is 16.8. The third-order valence-electron chi connectivity index (χ3n) is 5.50. The van der Waals surface area contributed by atoms with E-state index in [1.165, 1.54) is 19.1 Å². The lowest BCUT2D eigenvalue weighted by molar-refractivity contribution is -0.120. The van der Waals surface area contributed by atoms with Crippen LogP contribution in [0.1, 0.15) is 40.1 Å². The molecule has 0 saturated heterocycles. The van der Waals surface area contributed by atoms with E-state index in [0.29, 0.717) is 29.1 Å². The Morgan fingerprint density at radius 1 is 0.886 bits per heavy atom. The fraction of sp³-hybridized carbons (Fsp3) is 0.111. The van der Waals surface area contributed by atoms with Crippen molar-refractivity contribution in [3.05, 3.63) is 100 Å². The monoisotopic (exact) mass is 488 g/mol. The van der Waals surface area contributed by atoms with E-state index in [-0.39, 0.29) is 22.1 Å². The van der Waals surface area contributed by atoms with E-state index in [1.54, 1.807) is 48.5 Å². The molecule has 2 amide bonds. The van der Waals surface area contributed by atoms with Gasteiger partial charge in [-0.2, -0.15) is 0 Å². The predicted octanol–water partition coefficient (Wildman–Crippen LogP) is 5.11. The maximum Gasteiger partial charge on any atom is 0.343 e. The Bertz CT molecular complexity index is 1360. The number of esters is 1. The minimum Gasteiger partial charge on any atom is -0.423 e. The lowest BCUT2D eigenvalue weighted by Gasteiger charge is -2.18. The molecular weight excluding hydrogens is 468 g/mol. The van der Waals surface area contributed by atoms with Crippen molar-refractivity contribution >= 4 is 46.5 Å². The molecule has 0 bridgehead atoms. The molecule has 35 heavy (non-hydrogen) atoms. The number of ether oxygens (including phenoxy) is 1. The molecule has 1 aliphatic rings. The van der Waals surface area contributed by atoms with Gasteiger partial charge in [-0.15, -0.1) is 0 Å². The summed E-state index contributed by atoms with van der Waals surface area (Å²) in [6.45, 7) is 3.39. The van der Waals surface area contributed by atoms with Crippen molar-refractivity contribution in [3.63, 3.8) is 0 Å². The zero-order valence-electron chi connectivity index (χ0n) is 19.0. The van der Waals surface area contributed by atoms with Gasteiger partial charge in [0.25, 0.3) is 11.8 Å². The molecule has 0 spiro atoms. The molecule has 4 rings (SSSR count). The number of amides is 2. The standard InChI is InChI=1S/C27H21ClN2O5/c1-3-17-6-4-5-7-22(17)30-25(32)23(28)24(26(30)33)29-20-12-8-19(9-13-20)27(34)35-21-14-10-18(11-15-21)16(2)31/h4-15,29H,3H2,1-2H3. The van der Waals surface area contributed by atoms with Crippen LogP contribution >= 0.6 is 11.6 Å². The lowest BCUT2D eigenvalue weighted by atomic mass is 10.1. The van der Waals surface area contributed by atoms with E-state index >= 15 is 0 Å². The number of halogens is 1. The predicted molar refractivity (Wildman–Crippen MR) is 133 cm³/mol. The number of imide groups is 1. The van der Waals surface area contributed by atoms with Gasteiger partial charge in [-0.05, 0) is 73.5 Å². The Hall–Kier alpha value is -4.23. The molecule has 0 unspecified atom stereocenters. The quantitative estimate of drug-likeness (QED) is 0.215. The number of benzene rings is 3. The van der Waals surface area contributed by atoms with Crippen LogP contribution in [0.5, 0.6) is 5.75 Å². The van der Waals surface area contributed by atoms with Crippen molar-refractivity contribution < 1.29 is 23.9 Å². The first kappa shape index (κ1) is 23.9. The second-order valence-electron chi connectivity index (χ2n) is 7.79. The summed E-state index contributed by atoms with van der Waals surface area (Å²) in [5.41, 5.74) is 2.56. The molecule has 0 aromatic heterocycles. The van der Waals surface area contributed by atoms with Gasteiger partial charge >= 0.3 is 5.97 Å². The highest BCUT2D eigenvalue weighted by molar-refractivity contribution is 6.53. The number of anilines is 2. The number of para-hydroxylation sites is 1. The highest BCUT2D eigenvalue weighted by atomic mass is 35.5. The fourth-order valence-corrected chi connectivity index (χ4v) is 3.83. The molecule has 0 fully saturated rings. The third kappa shape index (κ3) is 4.85. The molecule has 0 saturated carbocycles. The molecule has 1 heterocycles. The molecule has 0 aliphatic carbocycles. The van der Waals surface area contributed by atoms with Crippen LogP contribution in [-0.2, 0) is 16.0 Å². The van der Waals surface area contributed by atoms with E-state index in [1.807, 2.05) is 19.1 Å². The maximum absolute atomic E-state index is 13.0. The molecule has 7 nitrogen and oxygen atoms in total. The van der Waals surface area contributed by atoms with Gasteiger partial charge in [0.15, 0.2) is 5.78 Å².